The van der Waals surface area contributed by atoms with E-state index in [0.29, 0.717) is 25.4 Å². The van der Waals surface area contributed by atoms with Crippen LogP contribution in [0.3, 0.4) is 0 Å². The van der Waals surface area contributed by atoms with Gasteiger partial charge in [-0.3, -0.25) is 9.78 Å². The van der Waals surface area contributed by atoms with E-state index in [1.165, 1.54) is 20.2 Å². The van der Waals surface area contributed by atoms with Crippen LogP contribution in [-0.2, 0) is 10.0 Å². The smallest absolute Gasteiger partial charge is 0.275 e. The fourth-order valence-corrected chi connectivity index (χ4v) is 3.80. The van der Waals surface area contributed by atoms with Crippen molar-refractivity contribution in [2.45, 2.75) is 18.1 Å². The van der Waals surface area contributed by atoms with E-state index in [1.54, 1.807) is 24.2 Å². The normalized spacial score (nSPS) is 18.3. The van der Waals surface area contributed by atoms with Gasteiger partial charge in [0.2, 0.25) is 5.09 Å². The van der Waals surface area contributed by atoms with Gasteiger partial charge in [0.15, 0.2) is 0 Å². The number of rotatable bonds is 4. The lowest BCUT2D eigenvalue weighted by atomic mass is 10.0. The van der Waals surface area contributed by atoms with E-state index < -0.39 is 10.0 Å². The number of hydrogen-bond donors (Lipinski definition) is 1. The fraction of sp³-hybridized carbons (Fsp3) is 0.412. The molecule has 3 heterocycles. The Morgan fingerprint density at radius 3 is 2.85 bits per heavy atom. The maximum Gasteiger partial charge on any atom is 0.275 e. The number of carbonyl (C=O) groups is 1. The molecule has 1 saturated heterocycles. The molecular weight excluding hydrogens is 356 g/mol. The summed E-state index contributed by atoms with van der Waals surface area (Å²) in [6.07, 6.45) is 3.42. The Bertz CT molecular complexity index is 893. The zero-order valence-corrected chi connectivity index (χ0v) is 15.8. The van der Waals surface area contributed by atoms with E-state index >= 15 is 0 Å². The van der Waals surface area contributed by atoms with Crippen molar-refractivity contribution >= 4 is 15.9 Å². The monoisotopic (exact) mass is 378 g/mol. The van der Waals surface area contributed by atoms with Gasteiger partial charge in [-0.15, -0.1) is 0 Å². The summed E-state index contributed by atoms with van der Waals surface area (Å²) in [5.74, 6) is 0.0423. The Morgan fingerprint density at radius 1 is 1.42 bits per heavy atom. The van der Waals surface area contributed by atoms with Crippen molar-refractivity contribution in [2.24, 2.45) is 0 Å². The number of hydrogen-bond acceptors (Lipinski definition) is 6. The number of piperazine rings is 1. The third-order valence-electron chi connectivity index (χ3n) is 4.43. The van der Waals surface area contributed by atoms with Crippen LogP contribution >= 0.6 is 0 Å². The van der Waals surface area contributed by atoms with Gasteiger partial charge in [-0.2, -0.15) is 0 Å². The summed E-state index contributed by atoms with van der Waals surface area (Å²) in [5.41, 5.74) is 1.19. The number of aromatic nitrogens is 1. The van der Waals surface area contributed by atoms with Gasteiger partial charge < -0.3 is 14.6 Å². The van der Waals surface area contributed by atoms with Crippen molar-refractivity contribution in [3.63, 3.8) is 0 Å². The molecule has 1 fully saturated rings. The minimum absolute atomic E-state index is 0.173. The standard InChI is InChI=1S/C17H22N4O4S/c1-12-14(9-16(25-12)26(23,24)20(2)3)17(22)21-8-7-19-11-15(21)13-5-4-6-18-10-13/h4-6,9-10,15,19H,7-8,11H2,1-3H3. The zero-order chi connectivity index (χ0) is 18.9. The van der Waals surface area contributed by atoms with Crippen molar-refractivity contribution in [3.05, 3.63) is 47.5 Å². The van der Waals surface area contributed by atoms with Crippen LogP contribution < -0.4 is 5.32 Å². The second-order valence-corrected chi connectivity index (χ2v) is 8.41. The maximum atomic E-state index is 13.1. The van der Waals surface area contributed by atoms with Crippen molar-refractivity contribution in [3.8, 4) is 0 Å². The van der Waals surface area contributed by atoms with Gasteiger partial charge in [0.25, 0.3) is 15.9 Å². The molecular formula is C17H22N4O4S. The van der Waals surface area contributed by atoms with Gasteiger partial charge in [-0.1, -0.05) is 6.07 Å². The Balaban J connectivity index is 1.94. The minimum atomic E-state index is -3.73. The lowest BCUT2D eigenvalue weighted by molar-refractivity contribution is 0.0632. The quantitative estimate of drug-likeness (QED) is 0.853. The lowest BCUT2D eigenvalue weighted by Crippen LogP contribution is -2.48. The van der Waals surface area contributed by atoms with Gasteiger partial charge in [-0.05, 0) is 18.6 Å². The van der Waals surface area contributed by atoms with Crippen LogP contribution in [0.2, 0.25) is 0 Å². The van der Waals surface area contributed by atoms with Crippen molar-refractivity contribution < 1.29 is 17.6 Å². The number of nitrogens with zero attached hydrogens (tertiary/aromatic N) is 3. The summed E-state index contributed by atoms with van der Waals surface area (Å²) in [5, 5.41) is 3.06. The van der Waals surface area contributed by atoms with Crippen LogP contribution in [-0.4, -0.2) is 62.2 Å². The third kappa shape index (κ3) is 3.37. The van der Waals surface area contributed by atoms with E-state index in [0.717, 1.165) is 9.87 Å². The lowest BCUT2D eigenvalue weighted by Gasteiger charge is -2.36. The topological polar surface area (TPSA) is 95.8 Å². The summed E-state index contributed by atoms with van der Waals surface area (Å²) in [4.78, 5) is 19.0. The van der Waals surface area contributed by atoms with Crippen molar-refractivity contribution in [1.29, 1.82) is 0 Å². The molecule has 1 amide bonds. The maximum absolute atomic E-state index is 13.1. The number of nitrogens with one attached hydrogen (secondary N) is 1. The molecule has 0 spiro atoms. The second-order valence-electron chi connectivity index (χ2n) is 6.33. The highest BCUT2D eigenvalue weighted by Gasteiger charge is 2.32. The molecule has 1 N–H and O–H groups in total. The highest BCUT2D eigenvalue weighted by Crippen LogP contribution is 2.27. The SMILES string of the molecule is Cc1oc(S(=O)(=O)N(C)C)cc1C(=O)N1CCNCC1c1cccnc1. The van der Waals surface area contributed by atoms with Crippen LogP contribution in [0.15, 0.2) is 40.1 Å². The molecule has 0 aromatic carbocycles. The van der Waals surface area contributed by atoms with Gasteiger partial charge >= 0.3 is 0 Å². The molecule has 1 atom stereocenters. The first kappa shape index (κ1) is 18.6. The molecule has 0 saturated carbocycles. The Hall–Kier alpha value is -2.23. The number of pyridine rings is 1. The van der Waals surface area contributed by atoms with E-state index in [4.69, 9.17) is 4.42 Å². The molecule has 1 unspecified atom stereocenters. The molecule has 2 aromatic heterocycles. The van der Waals surface area contributed by atoms with Gasteiger partial charge in [-0.25, -0.2) is 12.7 Å². The first-order valence-electron chi connectivity index (χ1n) is 8.27. The first-order chi connectivity index (χ1) is 12.3. The molecule has 140 valence electrons. The molecule has 0 aliphatic carbocycles. The van der Waals surface area contributed by atoms with Crippen LogP contribution in [0.5, 0.6) is 0 Å². The summed E-state index contributed by atoms with van der Waals surface area (Å²) in [6, 6.07) is 4.90. The summed E-state index contributed by atoms with van der Waals surface area (Å²) < 4.78 is 31.0. The molecule has 8 nitrogen and oxygen atoms in total. The van der Waals surface area contributed by atoms with E-state index in [1.807, 2.05) is 12.1 Å². The van der Waals surface area contributed by atoms with Crippen LogP contribution in [0.4, 0.5) is 0 Å². The average Bonchev–Trinajstić information content (AvgIpc) is 3.04. The van der Waals surface area contributed by atoms with Gasteiger partial charge in [0.05, 0.1) is 11.6 Å². The van der Waals surface area contributed by atoms with Crippen molar-refractivity contribution in [1.82, 2.24) is 19.5 Å². The van der Waals surface area contributed by atoms with E-state index in [-0.39, 0.29) is 22.6 Å². The van der Waals surface area contributed by atoms with Gasteiger partial charge in [0, 0.05) is 52.2 Å². The third-order valence-corrected chi connectivity index (χ3v) is 6.11. The van der Waals surface area contributed by atoms with Crippen LogP contribution in [0.1, 0.15) is 27.7 Å². The number of furan rings is 1. The van der Waals surface area contributed by atoms with E-state index in [9.17, 15) is 13.2 Å². The molecule has 0 radical (unpaired) electrons. The van der Waals surface area contributed by atoms with Crippen molar-refractivity contribution in [2.75, 3.05) is 33.7 Å². The summed E-state index contributed by atoms with van der Waals surface area (Å²) in [6.45, 7) is 3.39. The Morgan fingerprint density at radius 2 is 2.19 bits per heavy atom. The Labute approximate surface area is 152 Å². The van der Waals surface area contributed by atoms with E-state index in [2.05, 4.69) is 10.3 Å². The van der Waals surface area contributed by atoms with Crippen LogP contribution in [0, 0.1) is 6.92 Å². The molecule has 3 rings (SSSR count). The number of amides is 1. The number of aryl methyl sites for hydroxylation is 1. The first-order valence-corrected chi connectivity index (χ1v) is 9.71. The highest BCUT2D eigenvalue weighted by molar-refractivity contribution is 7.88. The fourth-order valence-electron chi connectivity index (χ4n) is 2.95. The average molecular weight is 378 g/mol. The molecule has 2 aromatic rings. The largest absolute Gasteiger partial charge is 0.448 e. The molecule has 1 aliphatic rings. The summed E-state index contributed by atoms with van der Waals surface area (Å²) in [7, 11) is -0.895. The summed E-state index contributed by atoms with van der Waals surface area (Å²) >= 11 is 0. The zero-order valence-electron chi connectivity index (χ0n) is 15.0. The van der Waals surface area contributed by atoms with Gasteiger partial charge in [0.1, 0.15) is 5.76 Å². The predicted molar refractivity (Wildman–Crippen MR) is 95.2 cm³/mol. The number of sulfonamides is 1. The minimum Gasteiger partial charge on any atom is -0.448 e. The predicted octanol–water partition coefficient (Wildman–Crippen LogP) is 1.02. The Kier molecular flexibility index (Phi) is 5.12. The molecule has 0 bridgehead atoms. The second kappa shape index (κ2) is 7.18. The molecule has 26 heavy (non-hydrogen) atoms. The number of carbonyl (C=O) groups excluding carboxylic acids is 1. The molecule has 9 heteroatoms. The highest BCUT2D eigenvalue weighted by atomic mass is 32.2. The molecule has 1 aliphatic heterocycles. The van der Waals surface area contributed by atoms with Crippen LogP contribution in [0.25, 0.3) is 0 Å².